The van der Waals surface area contributed by atoms with Crippen LogP contribution in [-0.2, 0) is 0 Å². The summed E-state index contributed by atoms with van der Waals surface area (Å²) in [6.45, 7) is 10.5. The summed E-state index contributed by atoms with van der Waals surface area (Å²) in [5, 5.41) is 3.25. The number of rotatable bonds is 7. The summed E-state index contributed by atoms with van der Waals surface area (Å²) in [5.41, 5.74) is 0. The minimum atomic E-state index is 0.810. The van der Waals surface area contributed by atoms with E-state index in [9.17, 15) is 0 Å². The van der Waals surface area contributed by atoms with Gasteiger partial charge in [0, 0.05) is 0 Å². The van der Waals surface area contributed by atoms with Crippen LogP contribution in [0.2, 0.25) is 0 Å². The van der Waals surface area contributed by atoms with Crippen LogP contribution in [0.5, 0.6) is 0 Å². The molecule has 0 aromatic heterocycles. The molecule has 0 aliphatic heterocycles. The first-order valence-corrected chi connectivity index (χ1v) is 5.76. The molecule has 1 N–H and O–H groups in total. The smallest absolute Gasteiger partial charge is 0.00236 e. The van der Waals surface area contributed by atoms with Crippen molar-refractivity contribution in [3.63, 3.8) is 0 Å². The molecular formula is C12H27N. The third-order valence-corrected chi connectivity index (χ3v) is 3.05. The summed E-state index contributed by atoms with van der Waals surface area (Å²) in [6, 6.07) is 0. The lowest BCUT2D eigenvalue weighted by atomic mass is 9.86. The lowest BCUT2D eigenvalue weighted by molar-refractivity contribution is 0.299. The van der Waals surface area contributed by atoms with Gasteiger partial charge in [-0.25, -0.2) is 0 Å². The molecule has 0 rings (SSSR count). The van der Waals surface area contributed by atoms with Crippen molar-refractivity contribution in [2.45, 2.75) is 47.0 Å². The van der Waals surface area contributed by atoms with Gasteiger partial charge < -0.3 is 5.32 Å². The molecule has 0 spiro atoms. The monoisotopic (exact) mass is 185 g/mol. The van der Waals surface area contributed by atoms with E-state index in [1.54, 1.807) is 0 Å². The van der Waals surface area contributed by atoms with E-state index >= 15 is 0 Å². The Labute approximate surface area is 84.3 Å². The Balaban J connectivity index is 3.64. The number of hydrogen-bond donors (Lipinski definition) is 1. The van der Waals surface area contributed by atoms with Crippen LogP contribution in [0.25, 0.3) is 0 Å². The first-order chi connectivity index (χ1) is 6.11. The van der Waals surface area contributed by atoms with Gasteiger partial charge in [-0.1, -0.05) is 40.5 Å². The predicted molar refractivity (Wildman–Crippen MR) is 60.9 cm³/mol. The van der Waals surface area contributed by atoms with E-state index in [4.69, 9.17) is 0 Å². The number of nitrogens with one attached hydrogen (secondary N) is 1. The van der Waals surface area contributed by atoms with Gasteiger partial charge in [0.25, 0.3) is 0 Å². The molecule has 13 heavy (non-hydrogen) atoms. The molecule has 0 radical (unpaired) electrons. The largest absolute Gasteiger partial charge is 0.319 e. The van der Waals surface area contributed by atoms with E-state index in [2.05, 4.69) is 33.0 Å². The highest BCUT2D eigenvalue weighted by atomic mass is 14.8. The van der Waals surface area contributed by atoms with Gasteiger partial charge in [-0.15, -0.1) is 0 Å². The van der Waals surface area contributed by atoms with Gasteiger partial charge in [0.15, 0.2) is 0 Å². The Kier molecular flexibility index (Phi) is 7.35. The molecule has 0 aliphatic carbocycles. The maximum Gasteiger partial charge on any atom is -0.00236 e. The van der Waals surface area contributed by atoms with E-state index in [1.807, 2.05) is 7.05 Å². The van der Waals surface area contributed by atoms with Crippen molar-refractivity contribution in [2.75, 3.05) is 13.6 Å². The lowest BCUT2D eigenvalue weighted by Crippen LogP contribution is -2.23. The SMILES string of the molecule is CCCC(C)CC(C)C(C)CNC. The summed E-state index contributed by atoms with van der Waals surface area (Å²) >= 11 is 0. The molecule has 0 heterocycles. The first kappa shape index (κ1) is 13.0. The fourth-order valence-corrected chi connectivity index (χ4v) is 2.00. The minimum absolute atomic E-state index is 0.810. The highest BCUT2D eigenvalue weighted by Gasteiger charge is 2.14. The van der Waals surface area contributed by atoms with Crippen molar-refractivity contribution in [1.82, 2.24) is 5.32 Å². The zero-order valence-electron chi connectivity index (χ0n) is 10.1. The van der Waals surface area contributed by atoms with Gasteiger partial charge in [0.1, 0.15) is 0 Å². The average molecular weight is 185 g/mol. The molecule has 0 saturated heterocycles. The van der Waals surface area contributed by atoms with E-state index in [-0.39, 0.29) is 0 Å². The van der Waals surface area contributed by atoms with Crippen LogP contribution >= 0.6 is 0 Å². The third-order valence-electron chi connectivity index (χ3n) is 3.05. The fraction of sp³-hybridized carbons (Fsp3) is 1.00. The fourth-order valence-electron chi connectivity index (χ4n) is 2.00. The molecule has 0 saturated carbocycles. The molecule has 0 amide bonds. The number of hydrogen-bond acceptors (Lipinski definition) is 1. The maximum absolute atomic E-state index is 3.25. The summed E-state index contributed by atoms with van der Waals surface area (Å²) in [5.74, 6) is 2.57. The summed E-state index contributed by atoms with van der Waals surface area (Å²) in [4.78, 5) is 0. The van der Waals surface area contributed by atoms with Crippen molar-refractivity contribution in [2.24, 2.45) is 17.8 Å². The van der Waals surface area contributed by atoms with E-state index in [1.165, 1.54) is 19.3 Å². The van der Waals surface area contributed by atoms with E-state index < -0.39 is 0 Å². The van der Waals surface area contributed by atoms with Crippen molar-refractivity contribution in [3.8, 4) is 0 Å². The maximum atomic E-state index is 3.25. The Morgan fingerprint density at radius 2 is 1.69 bits per heavy atom. The highest BCUT2D eigenvalue weighted by Crippen LogP contribution is 2.22. The zero-order chi connectivity index (χ0) is 10.3. The van der Waals surface area contributed by atoms with Crippen LogP contribution in [-0.4, -0.2) is 13.6 Å². The van der Waals surface area contributed by atoms with Crippen molar-refractivity contribution in [1.29, 1.82) is 0 Å². The van der Waals surface area contributed by atoms with Gasteiger partial charge >= 0.3 is 0 Å². The van der Waals surface area contributed by atoms with Gasteiger partial charge in [0.2, 0.25) is 0 Å². The first-order valence-electron chi connectivity index (χ1n) is 5.76. The second-order valence-electron chi connectivity index (χ2n) is 4.64. The molecule has 0 aromatic rings. The molecular weight excluding hydrogens is 158 g/mol. The standard InChI is InChI=1S/C12H27N/c1-6-7-10(2)8-11(3)12(4)9-13-5/h10-13H,6-9H2,1-5H3. The Morgan fingerprint density at radius 3 is 2.15 bits per heavy atom. The molecule has 80 valence electrons. The van der Waals surface area contributed by atoms with Gasteiger partial charge in [-0.3, -0.25) is 0 Å². The van der Waals surface area contributed by atoms with Gasteiger partial charge in [-0.05, 0) is 37.8 Å². The normalized spacial score (nSPS) is 18.2. The van der Waals surface area contributed by atoms with Crippen LogP contribution in [0.3, 0.4) is 0 Å². The molecule has 1 nitrogen and oxygen atoms in total. The van der Waals surface area contributed by atoms with Crippen LogP contribution < -0.4 is 5.32 Å². The highest BCUT2D eigenvalue weighted by molar-refractivity contribution is 4.66. The molecule has 3 unspecified atom stereocenters. The molecule has 1 heteroatoms. The summed E-state index contributed by atoms with van der Waals surface area (Å²) in [7, 11) is 2.04. The second kappa shape index (κ2) is 7.37. The molecule has 3 atom stereocenters. The topological polar surface area (TPSA) is 12.0 Å². The minimum Gasteiger partial charge on any atom is -0.319 e. The Hall–Kier alpha value is -0.0400. The quantitative estimate of drug-likeness (QED) is 0.641. The van der Waals surface area contributed by atoms with Crippen molar-refractivity contribution < 1.29 is 0 Å². The predicted octanol–water partition coefficient (Wildman–Crippen LogP) is 3.30. The van der Waals surface area contributed by atoms with E-state index in [0.29, 0.717) is 0 Å². The van der Waals surface area contributed by atoms with Crippen molar-refractivity contribution >= 4 is 0 Å². The lowest BCUT2D eigenvalue weighted by Gasteiger charge is -2.22. The van der Waals surface area contributed by atoms with Crippen LogP contribution in [0.1, 0.15) is 47.0 Å². The van der Waals surface area contributed by atoms with E-state index in [0.717, 1.165) is 24.3 Å². The third kappa shape index (κ3) is 6.09. The van der Waals surface area contributed by atoms with Crippen LogP contribution in [0, 0.1) is 17.8 Å². The Bertz CT molecular complexity index is 112. The average Bonchev–Trinajstić information content (AvgIpc) is 2.05. The summed E-state index contributed by atoms with van der Waals surface area (Å²) < 4.78 is 0. The Morgan fingerprint density at radius 1 is 1.08 bits per heavy atom. The summed E-state index contributed by atoms with van der Waals surface area (Å²) in [6.07, 6.45) is 4.10. The van der Waals surface area contributed by atoms with Gasteiger partial charge in [0.05, 0.1) is 0 Å². The molecule has 0 aromatic carbocycles. The zero-order valence-corrected chi connectivity index (χ0v) is 10.1. The molecule has 0 bridgehead atoms. The molecule has 0 fully saturated rings. The second-order valence-corrected chi connectivity index (χ2v) is 4.64. The molecule has 0 aliphatic rings. The van der Waals surface area contributed by atoms with Crippen molar-refractivity contribution in [3.05, 3.63) is 0 Å². The van der Waals surface area contributed by atoms with Crippen LogP contribution in [0.15, 0.2) is 0 Å². The van der Waals surface area contributed by atoms with Crippen LogP contribution in [0.4, 0.5) is 0 Å². The van der Waals surface area contributed by atoms with Gasteiger partial charge in [-0.2, -0.15) is 0 Å².